The smallest absolute Gasteiger partial charge is 0.00886 e. The maximum atomic E-state index is 3.35. The summed E-state index contributed by atoms with van der Waals surface area (Å²) in [7, 11) is 0. The largest absolute Gasteiger partial charge is 0.103 e. The van der Waals surface area contributed by atoms with E-state index in [1.165, 1.54) is 51.4 Å². The van der Waals surface area contributed by atoms with Crippen molar-refractivity contribution >= 4 is 0 Å². The molecule has 0 N–H and O–H groups in total. The molecule has 0 heteroatoms. The highest BCUT2D eigenvalue weighted by atomic mass is 14.1. The van der Waals surface area contributed by atoms with Crippen molar-refractivity contribution in [3.8, 4) is 11.8 Å². The van der Waals surface area contributed by atoms with Gasteiger partial charge >= 0.3 is 0 Å². The highest BCUT2D eigenvalue weighted by Crippen LogP contribution is 2.18. The topological polar surface area (TPSA) is 0 Å². The van der Waals surface area contributed by atoms with Crippen LogP contribution in [-0.2, 0) is 0 Å². The van der Waals surface area contributed by atoms with E-state index in [-0.39, 0.29) is 0 Å². The van der Waals surface area contributed by atoms with E-state index in [2.05, 4.69) is 60.4 Å². The number of rotatable bonds is 10. The third-order valence-electron chi connectivity index (χ3n) is 4.46. The monoisotopic (exact) mass is 294 g/mol. The third kappa shape index (κ3) is 7.51. The molecule has 0 aromatic carbocycles. The van der Waals surface area contributed by atoms with Gasteiger partial charge in [0.15, 0.2) is 0 Å². The fraction of sp³-hybridized carbons (Fsp3) is 0.545. The zero-order valence-electron chi connectivity index (χ0n) is 13.8. The Morgan fingerprint density at radius 3 is 1.32 bits per heavy atom. The summed E-state index contributed by atoms with van der Waals surface area (Å²) in [6, 6.07) is 0. The summed E-state index contributed by atoms with van der Waals surface area (Å²) in [5.74, 6) is 8.11. The van der Waals surface area contributed by atoms with Crippen molar-refractivity contribution in [2.24, 2.45) is 11.8 Å². The van der Waals surface area contributed by atoms with Crippen molar-refractivity contribution in [2.45, 2.75) is 64.2 Å². The SMILES string of the molecule is C(#CCCCCCC1C=CC=C1)CCCCCC1C=CC=C1. The zero-order chi connectivity index (χ0) is 15.3. The van der Waals surface area contributed by atoms with Crippen LogP contribution in [0.25, 0.3) is 0 Å². The minimum absolute atomic E-state index is 0.710. The summed E-state index contributed by atoms with van der Waals surface area (Å²) in [5, 5.41) is 0. The minimum Gasteiger partial charge on any atom is -0.103 e. The fourth-order valence-electron chi connectivity index (χ4n) is 3.06. The Balaban J connectivity index is 1.33. The van der Waals surface area contributed by atoms with Crippen LogP contribution in [0.2, 0.25) is 0 Å². The molecule has 2 aliphatic carbocycles. The maximum absolute atomic E-state index is 3.35. The van der Waals surface area contributed by atoms with Gasteiger partial charge in [0.1, 0.15) is 0 Å². The molecule has 0 amide bonds. The Labute approximate surface area is 137 Å². The van der Waals surface area contributed by atoms with Crippen LogP contribution in [0, 0.1) is 23.7 Å². The number of unbranched alkanes of at least 4 members (excludes halogenated alkanes) is 6. The van der Waals surface area contributed by atoms with Crippen molar-refractivity contribution in [3.05, 3.63) is 48.6 Å². The van der Waals surface area contributed by atoms with Crippen LogP contribution in [0.1, 0.15) is 64.2 Å². The molecule has 0 saturated heterocycles. The average molecular weight is 294 g/mol. The molecule has 22 heavy (non-hydrogen) atoms. The second kappa shape index (κ2) is 11.1. The summed E-state index contributed by atoms with van der Waals surface area (Å²) >= 11 is 0. The number of allylic oxidation sites excluding steroid dienone is 8. The van der Waals surface area contributed by atoms with Gasteiger partial charge in [-0.3, -0.25) is 0 Å². The highest BCUT2D eigenvalue weighted by Gasteiger charge is 2.03. The lowest BCUT2D eigenvalue weighted by Crippen LogP contribution is -1.89. The average Bonchev–Trinajstić information content (AvgIpc) is 3.21. The molecular formula is C22H30. The standard InChI is InChI=1S/C22H30/c1(3-5-7-9-15-21-17-11-12-18-21)2-4-6-8-10-16-22-19-13-14-20-22/h11-14,17-22H,3-10,15-16H2. The Bertz CT molecular complexity index is 398. The Hall–Kier alpha value is -1.48. The van der Waals surface area contributed by atoms with Crippen LogP contribution in [0.4, 0.5) is 0 Å². The lowest BCUT2D eigenvalue weighted by atomic mass is 10.0. The van der Waals surface area contributed by atoms with Gasteiger partial charge < -0.3 is 0 Å². The number of hydrogen-bond donors (Lipinski definition) is 0. The molecule has 0 saturated carbocycles. The molecule has 0 spiro atoms. The summed E-state index contributed by atoms with van der Waals surface area (Å²) in [5.41, 5.74) is 0. The second-order valence-electron chi connectivity index (χ2n) is 6.42. The number of hydrogen-bond acceptors (Lipinski definition) is 0. The predicted molar refractivity (Wildman–Crippen MR) is 97.5 cm³/mol. The first-order chi connectivity index (χ1) is 10.9. The maximum Gasteiger partial charge on any atom is 0.00886 e. The molecule has 0 radical (unpaired) electrons. The van der Waals surface area contributed by atoms with E-state index in [1.54, 1.807) is 0 Å². The lowest BCUT2D eigenvalue weighted by molar-refractivity contribution is 0.602. The summed E-state index contributed by atoms with van der Waals surface area (Å²) in [6.07, 6.45) is 30.6. The van der Waals surface area contributed by atoms with Gasteiger partial charge in [0.05, 0.1) is 0 Å². The Kier molecular flexibility index (Phi) is 8.55. The Morgan fingerprint density at radius 1 is 0.500 bits per heavy atom. The van der Waals surface area contributed by atoms with Crippen LogP contribution >= 0.6 is 0 Å². The van der Waals surface area contributed by atoms with E-state index < -0.39 is 0 Å². The van der Waals surface area contributed by atoms with Gasteiger partial charge in [0.2, 0.25) is 0 Å². The van der Waals surface area contributed by atoms with Crippen LogP contribution in [0.5, 0.6) is 0 Å². The summed E-state index contributed by atoms with van der Waals surface area (Å²) in [6.45, 7) is 0. The quantitative estimate of drug-likeness (QED) is 0.324. The first kappa shape index (κ1) is 16.9. The first-order valence-corrected chi connectivity index (χ1v) is 9.11. The van der Waals surface area contributed by atoms with Gasteiger partial charge in [-0.2, -0.15) is 0 Å². The molecular weight excluding hydrogens is 264 g/mol. The molecule has 0 aromatic rings. The van der Waals surface area contributed by atoms with E-state index in [1.807, 2.05) is 0 Å². The van der Waals surface area contributed by atoms with Gasteiger partial charge in [-0.25, -0.2) is 0 Å². The molecule has 2 aliphatic rings. The normalized spacial score (nSPS) is 16.5. The molecule has 0 nitrogen and oxygen atoms in total. The molecule has 0 aliphatic heterocycles. The van der Waals surface area contributed by atoms with Crippen molar-refractivity contribution < 1.29 is 0 Å². The van der Waals surface area contributed by atoms with E-state index in [4.69, 9.17) is 0 Å². The van der Waals surface area contributed by atoms with Crippen LogP contribution in [-0.4, -0.2) is 0 Å². The van der Waals surface area contributed by atoms with Crippen molar-refractivity contribution in [2.75, 3.05) is 0 Å². The molecule has 0 unspecified atom stereocenters. The van der Waals surface area contributed by atoms with E-state index in [9.17, 15) is 0 Å². The molecule has 118 valence electrons. The van der Waals surface area contributed by atoms with Crippen LogP contribution in [0.15, 0.2) is 48.6 Å². The van der Waals surface area contributed by atoms with Gasteiger partial charge in [0, 0.05) is 12.8 Å². The first-order valence-electron chi connectivity index (χ1n) is 9.11. The molecule has 0 atom stereocenters. The van der Waals surface area contributed by atoms with Gasteiger partial charge in [-0.1, -0.05) is 74.3 Å². The van der Waals surface area contributed by atoms with Gasteiger partial charge in [-0.05, 0) is 37.5 Å². The second-order valence-corrected chi connectivity index (χ2v) is 6.42. The van der Waals surface area contributed by atoms with E-state index in [0.29, 0.717) is 11.8 Å². The fourth-order valence-corrected chi connectivity index (χ4v) is 3.06. The third-order valence-corrected chi connectivity index (χ3v) is 4.46. The van der Waals surface area contributed by atoms with Crippen LogP contribution < -0.4 is 0 Å². The predicted octanol–water partition coefficient (Wildman–Crippen LogP) is 6.38. The molecule has 0 fully saturated rings. The summed E-state index contributed by atoms with van der Waals surface area (Å²) in [4.78, 5) is 0. The zero-order valence-corrected chi connectivity index (χ0v) is 13.8. The van der Waals surface area contributed by atoms with Crippen LogP contribution in [0.3, 0.4) is 0 Å². The van der Waals surface area contributed by atoms with E-state index >= 15 is 0 Å². The van der Waals surface area contributed by atoms with Crippen molar-refractivity contribution in [1.29, 1.82) is 0 Å². The molecule has 0 aromatic heterocycles. The van der Waals surface area contributed by atoms with Crippen molar-refractivity contribution in [3.63, 3.8) is 0 Å². The Morgan fingerprint density at radius 2 is 0.909 bits per heavy atom. The highest BCUT2D eigenvalue weighted by molar-refractivity contribution is 5.17. The minimum atomic E-state index is 0.710. The van der Waals surface area contributed by atoms with Gasteiger partial charge in [0.25, 0.3) is 0 Å². The lowest BCUT2D eigenvalue weighted by Gasteiger charge is -2.03. The molecule has 0 heterocycles. The summed E-state index contributed by atoms with van der Waals surface area (Å²) < 4.78 is 0. The molecule has 2 rings (SSSR count). The molecule has 0 bridgehead atoms. The van der Waals surface area contributed by atoms with Crippen molar-refractivity contribution in [1.82, 2.24) is 0 Å². The van der Waals surface area contributed by atoms with E-state index in [0.717, 1.165) is 12.8 Å². The van der Waals surface area contributed by atoms with Gasteiger partial charge in [-0.15, -0.1) is 11.8 Å².